The third kappa shape index (κ3) is 47.6. The Morgan fingerprint density at radius 1 is 0.492 bits per heavy atom. The predicted molar refractivity (Wildman–Crippen MR) is 250 cm³/mol. The highest BCUT2D eigenvalue weighted by Crippen LogP contribution is 2.14. The first kappa shape index (κ1) is 57.7. The lowest BCUT2D eigenvalue weighted by Gasteiger charge is -2.33. The molecule has 1 atom stereocenters. The molecule has 0 saturated heterocycles. The van der Waals surface area contributed by atoms with E-state index in [1.807, 2.05) is 0 Å². The molecule has 0 saturated carbocycles. The van der Waals surface area contributed by atoms with E-state index in [0.717, 1.165) is 56.5 Å². The van der Waals surface area contributed by atoms with Gasteiger partial charge in [-0.1, -0.05) is 147 Å². The van der Waals surface area contributed by atoms with E-state index >= 15 is 0 Å². The molecular weight excluding hydrogens is 739 g/mol. The second-order valence-corrected chi connectivity index (χ2v) is 17.6. The average molecular weight is 839 g/mol. The molecule has 1 N–H and O–H groups in total. The van der Waals surface area contributed by atoms with Gasteiger partial charge in [0.1, 0.15) is 19.3 Å². The number of carbonyl (C=O) groups is 1. The summed E-state index contributed by atoms with van der Waals surface area (Å²) in [6.07, 6.45) is 47.2. The number of quaternary nitrogens is 1. The first-order chi connectivity index (χ1) is 28.9. The number of hydrogen-bond donors (Lipinski definition) is 1. The van der Waals surface area contributed by atoms with Gasteiger partial charge >= 0.3 is 5.97 Å². The molecule has 0 fully saturated rings. The van der Waals surface area contributed by atoms with Crippen molar-refractivity contribution >= 4 is 5.97 Å². The Morgan fingerprint density at radius 2 is 0.932 bits per heavy atom. The largest absolute Gasteiger partial charge is 0.463 e. The topological polar surface area (TPSA) is 83.5 Å². The zero-order chi connectivity index (χ0) is 43.0. The van der Waals surface area contributed by atoms with E-state index in [2.05, 4.69) is 52.2 Å². The highest BCUT2D eigenvalue weighted by molar-refractivity contribution is 5.69. The number of nitrogens with zero attached hydrogens (tertiary/aromatic N) is 1. The fraction of sp³-hybridized carbons (Fsp3) is 0.902. The van der Waals surface area contributed by atoms with Crippen molar-refractivity contribution in [2.24, 2.45) is 0 Å². The number of unbranched alkanes of at least 4 members (excludes halogenated alkanes) is 24. The zero-order valence-corrected chi connectivity index (χ0v) is 39.7. The van der Waals surface area contributed by atoms with Gasteiger partial charge < -0.3 is 33.3 Å². The molecule has 0 radical (unpaired) electrons. The molecule has 8 heteroatoms. The van der Waals surface area contributed by atoms with Crippen LogP contribution in [0.15, 0.2) is 24.3 Å². The number of hydrogen-bond acceptors (Lipinski definition) is 7. The van der Waals surface area contributed by atoms with Crippen LogP contribution in [0.4, 0.5) is 0 Å². The van der Waals surface area contributed by atoms with Crippen LogP contribution in [-0.2, 0) is 28.5 Å². The van der Waals surface area contributed by atoms with Crippen molar-refractivity contribution in [1.29, 1.82) is 0 Å². The SMILES string of the molecule is CCCCCCC/C=C\CCCCCCCCOCC(C[N+](C)(C)CCCCC(=O)OCCOCCOCCO)OCCCCCCCC/C=C\CCCCCCCC. The Labute approximate surface area is 366 Å². The standard InChI is InChI=1S/C51H100NO7/c1-5-7-9-11-13-15-17-19-21-23-25-27-29-31-33-37-42-58-50(49-57-41-36-32-30-28-26-24-22-20-18-16-14-12-10-8-6-2)48-52(3,4)39-35-34-38-51(54)59-47-46-56-45-44-55-43-40-53/h18-21,50,53H,5-17,22-49H2,1-4H3/q+1/b20-18-,21-19-. The van der Waals surface area contributed by atoms with Gasteiger partial charge in [-0.15, -0.1) is 0 Å². The second kappa shape index (κ2) is 47.8. The summed E-state index contributed by atoms with van der Waals surface area (Å²) in [6, 6.07) is 0. The van der Waals surface area contributed by atoms with Crippen LogP contribution in [0.5, 0.6) is 0 Å². The van der Waals surface area contributed by atoms with Gasteiger partial charge in [0.05, 0.1) is 60.3 Å². The summed E-state index contributed by atoms with van der Waals surface area (Å²) in [4.78, 5) is 12.2. The monoisotopic (exact) mass is 839 g/mol. The third-order valence-corrected chi connectivity index (χ3v) is 11.1. The summed E-state index contributed by atoms with van der Waals surface area (Å²) in [7, 11) is 4.54. The van der Waals surface area contributed by atoms with E-state index in [1.54, 1.807) is 0 Å². The Kier molecular flexibility index (Phi) is 46.7. The summed E-state index contributed by atoms with van der Waals surface area (Å²) < 4.78 is 29.5. The minimum Gasteiger partial charge on any atom is -0.463 e. The Balaban J connectivity index is 4.33. The first-order valence-corrected chi connectivity index (χ1v) is 25.2. The number of ether oxygens (including phenoxy) is 5. The van der Waals surface area contributed by atoms with E-state index in [4.69, 9.17) is 28.8 Å². The Morgan fingerprint density at radius 3 is 1.44 bits per heavy atom. The van der Waals surface area contributed by atoms with Crippen molar-refractivity contribution in [1.82, 2.24) is 0 Å². The lowest BCUT2D eigenvalue weighted by atomic mass is 10.1. The van der Waals surface area contributed by atoms with E-state index in [1.165, 1.54) is 161 Å². The molecule has 350 valence electrons. The molecule has 0 spiro atoms. The minimum absolute atomic E-state index is 0.00704. The fourth-order valence-corrected chi connectivity index (χ4v) is 7.37. The second-order valence-electron chi connectivity index (χ2n) is 17.6. The van der Waals surface area contributed by atoms with Crippen LogP contribution >= 0.6 is 0 Å². The van der Waals surface area contributed by atoms with Gasteiger partial charge in [0, 0.05) is 19.6 Å². The van der Waals surface area contributed by atoms with Crippen LogP contribution in [0.2, 0.25) is 0 Å². The van der Waals surface area contributed by atoms with Gasteiger partial charge in [-0.25, -0.2) is 0 Å². The van der Waals surface area contributed by atoms with Crippen molar-refractivity contribution in [3.63, 3.8) is 0 Å². The smallest absolute Gasteiger partial charge is 0.305 e. The molecule has 0 heterocycles. The quantitative estimate of drug-likeness (QED) is 0.0283. The van der Waals surface area contributed by atoms with Crippen molar-refractivity contribution in [2.45, 2.75) is 213 Å². The molecule has 0 amide bonds. The fourth-order valence-electron chi connectivity index (χ4n) is 7.37. The Bertz CT molecular complexity index is 895. The molecular formula is C51H100NO7+. The molecule has 0 rings (SSSR count). The van der Waals surface area contributed by atoms with E-state index in [9.17, 15) is 4.79 Å². The average Bonchev–Trinajstić information content (AvgIpc) is 3.22. The van der Waals surface area contributed by atoms with E-state index in [-0.39, 0.29) is 25.3 Å². The molecule has 0 aromatic carbocycles. The number of aliphatic hydroxyl groups is 1. The van der Waals surface area contributed by atoms with Crippen molar-refractivity contribution in [3.05, 3.63) is 24.3 Å². The number of aliphatic hydroxyl groups excluding tert-OH is 1. The van der Waals surface area contributed by atoms with Crippen LogP contribution in [0, 0.1) is 0 Å². The zero-order valence-electron chi connectivity index (χ0n) is 39.7. The Hall–Kier alpha value is -1.29. The molecule has 0 aliphatic heterocycles. The van der Waals surface area contributed by atoms with Gasteiger partial charge in [0.25, 0.3) is 0 Å². The number of allylic oxidation sites excluding steroid dienone is 4. The van der Waals surface area contributed by atoms with Gasteiger partial charge in [-0.3, -0.25) is 4.79 Å². The highest BCUT2D eigenvalue weighted by Gasteiger charge is 2.23. The summed E-state index contributed by atoms with van der Waals surface area (Å²) in [5, 5.41) is 8.73. The molecule has 0 aromatic heterocycles. The predicted octanol–water partition coefficient (Wildman–Crippen LogP) is 12.9. The number of carbonyl (C=O) groups excluding carboxylic acids is 1. The number of rotatable bonds is 49. The van der Waals surface area contributed by atoms with Gasteiger partial charge in [0.15, 0.2) is 0 Å². The first-order valence-electron chi connectivity index (χ1n) is 25.2. The summed E-state index contributed by atoms with van der Waals surface area (Å²) in [5.41, 5.74) is 0. The van der Waals surface area contributed by atoms with Crippen molar-refractivity contribution in [3.8, 4) is 0 Å². The van der Waals surface area contributed by atoms with Gasteiger partial charge in [-0.2, -0.15) is 0 Å². The molecule has 8 nitrogen and oxygen atoms in total. The summed E-state index contributed by atoms with van der Waals surface area (Å²) in [5.74, 6) is -0.170. The maximum absolute atomic E-state index is 12.2. The maximum atomic E-state index is 12.2. The van der Waals surface area contributed by atoms with Crippen LogP contribution in [-0.4, -0.2) is 108 Å². The number of esters is 1. The molecule has 0 aromatic rings. The lowest BCUT2D eigenvalue weighted by molar-refractivity contribution is -0.893. The summed E-state index contributed by atoms with van der Waals surface area (Å²) in [6.45, 7) is 10.5. The van der Waals surface area contributed by atoms with Crippen LogP contribution < -0.4 is 0 Å². The summed E-state index contributed by atoms with van der Waals surface area (Å²) >= 11 is 0. The van der Waals surface area contributed by atoms with Gasteiger partial charge in [-0.05, 0) is 77.0 Å². The van der Waals surface area contributed by atoms with Crippen LogP contribution in [0.3, 0.4) is 0 Å². The highest BCUT2D eigenvalue weighted by atomic mass is 16.6. The molecule has 59 heavy (non-hydrogen) atoms. The number of likely N-dealkylation sites (N-methyl/N-ethyl adjacent to an activating group) is 1. The van der Waals surface area contributed by atoms with Crippen LogP contribution in [0.1, 0.15) is 206 Å². The van der Waals surface area contributed by atoms with E-state index < -0.39 is 0 Å². The lowest BCUT2D eigenvalue weighted by Crippen LogP contribution is -2.48. The maximum Gasteiger partial charge on any atom is 0.305 e. The third-order valence-electron chi connectivity index (χ3n) is 11.1. The molecule has 0 aliphatic carbocycles. The van der Waals surface area contributed by atoms with Crippen molar-refractivity contribution < 1.29 is 38.1 Å². The molecule has 1 unspecified atom stereocenters. The molecule has 0 bridgehead atoms. The normalized spacial score (nSPS) is 12.7. The van der Waals surface area contributed by atoms with Crippen LogP contribution in [0.25, 0.3) is 0 Å². The molecule has 0 aliphatic rings. The van der Waals surface area contributed by atoms with E-state index in [0.29, 0.717) is 39.5 Å². The van der Waals surface area contributed by atoms with Crippen molar-refractivity contribution in [2.75, 3.05) is 86.6 Å². The van der Waals surface area contributed by atoms with Gasteiger partial charge in [0.2, 0.25) is 0 Å². The minimum atomic E-state index is -0.170.